The van der Waals surface area contributed by atoms with Crippen molar-refractivity contribution in [1.29, 1.82) is 0 Å². The van der Waals surface area contributed by atoms with Gasteiger partial charge in [-0.15, -0.1) is 21.5 Å². The normalized spacial score (nSPS) is 13.6. The van der Waals surface area contributed by atoms with Crippen LogP contribution < -0.4 is 14.8 Å². The van der Waals surface area contributed by atoms with Crippen molar-refractivity contribution in [2.24, 2.45) is 0 Å². The number of hydrogen-bond donors (Lipinski definition) is 1. The number of aromatic nitrogens is 2. The summed E-state index contributed by atoms with van der Waals surface area (Å²) in [5.74, 6) is 1.78. The van der Waals surface area contributed by atoms with Gasteiger partial charge in [-0.2, -0.15) is 0 Å². The standard InChI is InChI=1S/C17H15N3O4S2/c1-10(26-17-20-19-16(24-17)14-3-2-6-25-14)15(21)18-8-11-4-5-12-13(7-11)23-9-22-12/h2-7,10H,8-9H2,1H3,(H,18,21)/t10-/m0/s1. The van der Waals surface area contributed by atoms with E-state index < -0.39 is 0 Å². The molecule has 1 aliphatic heterocycles. The van der Waals surface area contributed by atoms with E-state index in [1.54, 1.807) is 6.92 Å². The van der Waals surface area contributed by atoms with E-state index in [1.807, 2.05) is 35.7 Å². The zero-order chi connectivity index (χ0) is 17.9. The van der Waals surface area contributed by atoms with E-state index in [0.717, 1.165) is 16.2 Å². The fourth-order valence-corrected chi connectivity index (χ4v) is 3.70. The maximum Gasteiger partial charge on any atom is 0.277 e. The number of nitrogens with zero attached hydrogens (tertiary/aromatic N) is 2. The molecule has 0 spiro atoms. The minimum absolute atomic E-state index is 0.108. The third-order valence-corrected chi connectivity index (χ3v) is 5.48. The molecule has 4 rings (SSSR count). The summed E-state index contributed by atoms with van der Waals surface area (Å²) >= 11 is 2.76. The molecule has 0 saturated heterocycles. The number of thiophene rings is 1. The highest BCUT2D eigenvalue weighted by Gasteiger charge is 2.19. The predicted octanol–water partition coefficient (Wildman–Crippen LogP) is 3.32. The minimum atomic E-state index is -0.361. The van der Waals surface area contributed by atoms with Crippen molar-refractivity contribution in [2.75, 3.05) is 6.79 Å². The van der Waals surface area contributed by atoms with Crippen LogP contribution >= 0.6 is 23.1 Å². The van der Waals surface area contributed by atoms with Crippen LogP contribution in [0.4, 0.5) is 0 Å². The number of ether oxygens (including phenoxy) is 2. The molecule has 1 atom stereocenters. The molecule has 1 aliphatic rings. The highest BCUT2D eigenvalue weighted by molar-refractivity contribution is 8.00. The van der Waals surface area contributed by atoms with Crippen molar-refractivity contribution in [3.05, 3.63) is 41.3 Å². The summed E-state index contributed by atoms with van der Waals surface area (Å²) in [6, 6.07) is 9.44. The number of benzene rings is 1. The van der Waals surface area contributed by atoms with Crippen LogP contribution in [-0.2, 0) is 11.3 Å². The van der Waals surface area contributed by atoms with Crippen LogP contribution in [0.5, 0.6) is 11.5 Å². The number of carbonyl (C=O) groups excluding carboxylic acids is 1. The quantitative estimate of drug-likeness (QED) is 0.647. The lowest BCUT2D eigenvalue weighted by Gasteiger charge is -2.10. The van der Waals surface area contributed by atoms with Gasteiger partial charge in [-0.25, -0.2) is 0 Å². The monoisotopic (exact) mass is 389 g/mol. The number of rotatable bonds is 6. The SMILES string of the molecule is C[C@H](Sc1nnc(-c2cccs2)o1)C(=O)NCc1ccc2c(c1)OCO2. The summed E-state index contributed by atoms with van der Waals surface area (Å²) in [6.45, 7) is 2.44. The smallest absolute Gasteiger partial charge is 0.277 e. The summed E-state index contributed by atoms with van der Waals surface area (Å²) in [4.78, 5) is 13.2. The molecule has 0 fully saturated rings. The lowest BCUT2D eigenvalue weighted by molar-refractivity contribution is -0.120. The molecule has 134 valence electrons. The van der Waals surface area contributed by atoms with Gasteiger partial charge in [-0.1, -0.05) is 23.9 Å². The highest BCUT2D eigenvalue weighted by atomic mass is 32.2. The van der Waals surface area contributed by atoms with E-state index in [4.69, 9.17) is 13.9 Å². The molecule has 26 heavy (non-hydrogen) atoms. The first-order chi connectivity index (χ1) is 12.7. The Morgan fingerprint density at radius 1 is 1.31 bits per heavy atom. The van der Waals surface area contributed by atoms with Crippen molar-refractivity contribution < 1.29 is 18.7 Å². The Morgan fingerprint density at radius 2 is 2.19 bits per heavy atom. The molecular weight excluding hydrogens is 374 g/mol. The van der Waals surface area contributed by atoms with E-state index >= 15 is 0 Å². The number of thioether (sulfide) groups is 1. The maximum atomic E-state index is 12.3. The van der Waals surface area contributed by atoms with E-state index in [9.17, 15) is 4.79 Å². The average molecular weight is 389 g/mol. The van der Waals surface area contributed by atoms with Crippen LogP contribution in [0.3, 0.4) is 0 Å². The van der Waals surface area contributed by atoms with Crippen LogP contribution in [-0.4, -0.2) is 28.1 Å². The molecule has 1 amide bonds. The van der Waals surface area contributed by atoms with Gasteiger partial charge in [0.1, 0.15) is 0 Å². The lowest BCUT2D eigenvalue weighted by atomic mass is 10.2. The molecule has 1 aromatic carbocycles. The predicted molar refractivity (Wildman–Crippen MR) is 97.3 cm³/mol. The molecular formula is C17H15N3O4S2. The number of hydrogen-bond acceptors (Lipinski definition) is 8. The Balaban J connectivity index is 1.32. The molecule has 9 heteroatoms. The largest absolute Gasteiger partial charge is 0.454 e. The summed E-state index contributed by atoms with van der Waals surface area (Å²) in [6.07, 6.45) is 0. The van der Waals surface area contributed by atoms with Crippen molar-refractivity contribution in [3.8, 4) is 22.3 Å². The molecule has 0 radical (unpaired) electrons. The fraction of sp³-hybridized carbons (Fsp3) is 0.235. The van der Waals surface area contributed by atoms with Crippen LogP contribution in [0, 0.1) is 0 Å². The number of fused-ring (bicyclic) bond motifs is 1. The zero-order valence-corrected chi connectivity index (χ0v) is 15.4. The number of amides is 1. The van der Waals surface area contributed by atoms with Crippen LogP contribution in [0.1, 0.15) is 12.5 Å². The average Bonchev–Trinajstić information content (AvgIpc) is 3.39. The Bertz CT molecular complexity index is 911. The van der Waals surface area contributed by atoms with Crippen molar-refractivity contribution in [3.63, 3.8) is 0 Å². The van der Waals surface area contributed by atoms with Gasteiger partial charge in [0.05, 0.1) is 10.1 Å². The highest BCUT2D eigenvalue weighted by Crippen LogP contribution is 2.32. The summed E-state index contributed by atoms with van der Waals surface area (Å²) in [5.41, 5.74) is 0.942. The first kappa shape index (κ1) is 16.9. The van der Waals surface area contributed by atoms with Crippen LogP contribution in [0.2, 0.25) is 0 Å². The molecule has 0 unspecified atom stereocenters. The Hall–Kier alpha value is -2.52. The molecule has 0 saturated carbocycles. The zero-order valence-electron chi connectivity index (χ0n) is 13.8. The first-order valence-electron chi connectivity index (χ1n) is 7.89. The summed E-state index contributed by atoms with van der Waals surface area (Å²) < 4.78 is 16.2. The second kappa shape index (κ2) is 7.38. The minimum Gasteiger partial charge on any atom is -0.454 e. The van der Waals surface area contributed by atoms with Crippen molar-refractivity contribution in [1.82, 2.24) is 15.5 Å². The Labute approximate surface area is 157 Å². The molecule has 0 aliphatic carbocycles. The van der Waals surface area contributed by atoms with Gasteiger partial charge in [-0.05, 0) is 36.1 Å². The van der Waals surface area contributed by atoms with Crippen molar-refractivity contribution in [2.45, 2.75) is 23.9 Å². The second-order valence-corrected chi connectivity index (χ2v) is 7.76. The number of carbonyl (C=O) groups is 1. The van der Waals surface area contributed by atoms with Gasteiger partial charge in [-0.3, -0.25) is 4.79 Å². The number of nitrogens with one attached hydrogen (secondary N) is 1. The molecule has 3 aromatic rings. The summed E-state index contributed by atoms with van der Waals surface area (Å²) in [7, 11) is 0. The molecule has 2 aromatic heterocycles. The van der Waals surface area contributed by atoms with Gasteiger partial charge in [0, 0.05) is 6.54 Å². The first-order valence-corrected chi connectivity index (χ1v) is 9.65. The topological polar surface area (TPSA) is 86.5 Å². The lowest BCUT2D eigenvalue weighted by Crippen LogP contribution is -2.30. The van der Waals surface area contributed by atoms with Crippen LogP contribution in [0.15, 0.2) is 45.4 Å². The van der Waals surface area contributed by atoms with Gasteiger partial charge in [0.15, 0.2) is 11.5 Å². The van der Waals surface area contributed by atoms with Gasteiger partial charge in [0.2, 0.25) is 12.7 Å². The Morgan fingerprint density at radius 3 is 3.04 bits per heavy atom. The third kappa shape index (κ3) is 3.68. The van der Waals surface area contributed by atoms with Gasteiger partial charge >= 0.3 is 0 Å². The van der Waals surface area contributed by atoms with Crippen LogP contribution in [0.25, 0.3) is 10.8 Å². The Kier molecular flexibility index (Phi) is 4.81. The van der Waals surface area contributed by atoms with Gasteiger partial charge < -0.3 is 19.2 Å². The fourth-order valence-electron chi connectivity index (χ4n) is 2.35. The molecule has 3 heterocycles. The van der Waals surface area contributed by atoms with E-state index in [0.29, 0.717) is 23.4 Å². The summed E-state index contributed by atoms with van der Waals surface area (Å²) in [5, 5.41) is 12.9. The molecule has 1 N–H and O–H groups in total. The van der Waals surface area contributed by atoms with E-state index in [2.05, 4.69) is 15.5 Å². The van der Waals surface area contributed by atoms with E-state index in [-0.39, 0.29) is 18.0 Å². The molecule has 7 nitrogen and oxygen atoms in total. The molecule has 0 bridgehead atoms. The van der Waals surface area contributed by atoms with E-state index in [1.165, 1.54) is 23.1 Å². The van der Waals surface area contributed by atoms with Crippen molar-refractivity contribution >= 4 is 29.0 Å². The maximum absolute atomic E-state index is 12.3. The third-order valence-electron chi connectivity index (χ3n) is 3.69. The van der Waals surface area contributed by atoms with Gasteiger partial charge in [0.25, 0.3) is 11.1 Å². The second-order valence-electron chi connectivity index (χ2n) is 5.52.